The smallest absolute Gasteiger partial charge is 0.226 e. The molecule has 176 valence electrons. The second kappa shape index (κ2) is 10.1. The summed E-state index contributed by atoms with van der Waals surface area (Å²) in [6.45, 7) is 2.51. The summed E-state index contributed by atoms with van der Waals surface area (Å²) in [5.41, 5.74) is 5.01. The Morgan fingerprint density at radius 2 is 1.77 bits per heavy atom. The summed E-state index contributed by atoms with van der Waals surface area (Å²) in [5, 5.41) is 7.08. The Labute approximate surface area is 210 Å². The number of anilines is 1. The van der Waals surface area contributed by atoms with Crippen LogP contribution in [0.5, 0.6) is 0 Å². The van der Waals surface area contributed by atoms with Crippen molar-refractivity contribution in [2.24, 2.45) is 0 Å². The molecular formula is C28H27N5OS. The van der Waals surface area contributed by atoms with Crippen molar-refractivity contribution in [2.75, 3.05) is 11.9 Å². The second-order valence-electron chi connectivity index (χ2n) is 8.62. The molecule has 0 bridgehead atoms. The normalized spacial score (nSPS) is 17.3. The Kier molecular flexibility index (Phi) is 6.59. The van der Waals surface area contributed by atoms with Crippen molar-refractivity contribution >= 4 is 28.9 Å². The van der Waals surface area contributed by atoms with Crippen molar-refractivity contribution < 1.29 is 4.79 Å². The highest BCUT2D eigenvalue weighted by atomic mass is 32.1. The van der Waals surface area contributed by atoms with Gasteiger partial charge in [0.2, 0.25) is 5.91 Å². The Morgan fingerprint density at radius 3 is 2.51 bits per heavy atom. The van der Waals surface area contributed by atoms with Gasteiger partial charge in [0.15, 0.2) is 5.11 Å². The number of amides is 1. The standard InChI is InChI=1S/C28H27N5OS/c1-20-12-14-21(15-13-20)30-25(34)16-19-33-27(26(31-28(33)35)23-10-5-6-17-29-23)24-11-7-18-32(24)22-8-3-2-4-9-22/h2-15,17-18,26-27H,16,19H2,1H3,(H,30,34)(H,31,35)/t26-,27+/m0/s1. The van der Waals surface area contributed by atoms with Gasteiger partial charge in [-0.05, 0) is 67.7 Å². The lowest BCUT2D eigenvalue weighted by atomic mass is 10.0. The van der Waals surface area contributed by atoms with Crippen molar-refractivity contribution in [3.05, 3.63) is 114 Å². The summed E-state index contributed by atoms with van der Waals surface area (Å²) in [7, 11) is 0. The van der Waals surface area contributed by atoms with E-state index in [2.05, 4.69) is 49.5 Å². The summed E-state index contributed by atoms with van der Waals surface area (Å²) in [5.74, 6) is -0.0462. The molecule has 0 unspecified atom stereocenters. The first-order valence-electron chi connectivity index (χ1n) is 11.7. The van der Waals surface area contributed by atoms with Crippen LogP contribution in [0.3, 0.4) is 0 Å². The molecule has 7 heteroatoms. The van der Waals surface area contributed by atoms with Crippen LogP contribution in [0.4, 0.5) is 5.69 Å². The van der Waals surface area contributed by atoms with Gasteiger partial charge in [-0.2, -0.15) is 0 Å². The van der Waals surface area contributed by atoms with Crippen LogP contribution in [0.1, 0.15) is 35.5 Å². The zero-order valence-electron chi connectivity index (χ0n) is 19.5. The maximum absolute atomic E-state index is 12.8. The van der Waals surface area contributed by atoms with Crippen molar-refractivity contribution in [2.45, 2.75) is 25.4 Å². The van der Waals surface area contributed by atoms with Gasteiger partial charge in [0.1, 0.15) is 0 Å². The molecule has 0 spiro atoms. The molecule has 35 heavy (non-hydrogen) atoms. The van der Waals surface area contributed by atoms with Gasteiger partial charge in [-0.25, -0.2) is 0 Å². The van der Waals surface area contributed by atoms with Gasteiger partial charge in [-0.3, -0.25) is 9.78 Å². The molecule has 2 N–H and O–H groups in total. The Bertz CT molecular complexity index is 1300. The highest BCUT2D eigenvalue weighted by molar-refractivity contribution is 7.80. The number of benzene rings is 2. The molecular weight excluding hydrogens is 454 g/mol. The van der Waals surface area contributed by atoms with E-state index >= 15 is 0 Å². The minimum absolute atomic E-state index is 0.0462. The van der Waals surface area contributed by atoms with Crippen LogP contribution in [-0.4, -0.2) is 32.0 Å². The lowest BCUT2D eigenvalue weighted by molar-refractivity contribution is -0.116. The SMILES string of the molecule is Cc1ccc(NC(=O)CCN2C(=S)N[C@@H](c3ccccn3)[C@H]2c2cccn2-c2ccccc2)cc1. The van der Waals surface area contributed by atoms with Gasteiger partial charge >= 0.3 is 0 Å². The Hall–Kier alpha value is -3.97. The van der Waals surface area contributed by atoms with Crippen molar-refractivity contribution in [1.29, 1.82) is 0 Å². The summed E-state index contributed by atoms with van der Waals surface area (Å²) >= 11 is 5.77. The zero-order valence-corrected chi connectivity index (χ0v) is 20.3. The van der Waals surface area contributed by atoms with E-state index in [4.69, 9.17) is 12.2 Å². The molecule has 6 nitrogen and oxygen atoms in total. The van der Waals surface area contributed by atoms with E-state index in [1.807, 2.05) is 73.7 Å². The van der Waals surface area contributed by atoms with Crippen molar-refractivity contribution in [3.8, 4) is 5.69 Å². The third-order valence-corrected chi connectivity index (χ3v) is 6.58. The molecule has 4 aromatic rings. The van der Waals surface area contributed by atoms with E-state index in [9.17, 15) is 4.79 Å². The lowest BCUT2D eigenvalue weighted by Gasteiger charge is -2.28. The summed E-state index contributed by atoms with van der Waals surface area (Å²) < 4.78 is 2.18. The van der Waals surface area contributed by atoms with Crippen LogP contribution in [0, 0.1) is 6.92 Å². The monoisotopic (exact) mass is 481 g/mol. The van der Waals surface area contributed by atoms with E-state index in [1.165, 1.54) is 0 Å². The molecule has 0 saturated carbocycles. The summed E-state index contributed by atoms with van der Waals surface area (Å²) in [6, 6.07) is 27.8. The van der Waals surface area contributed by atoms with Gasteiger partial charge in [0, 0.05) is 42.4 Å². The van der Waals surface area contributed by atoms with Gasteiger partial charge < -0.3 is 20.1 Å². The van der Waals surface area contributed by atoms with Crippen LogP contribution in [0.2, 0.25) is 0 Å². The first kappa shape index (κ1) is 22.8. The fraction of sp³-hybridized carbons (Fsp3) is 0.179. The fourth-order valence-electron chi connectivity index (χ4n) is 4.51. The maximum atomic E-state index is 12.8. The van der Waals surface area contributed by atoms with E-state index in [-0.39, 0.29) is 18.0 Å². The first-order chi connectivity index (χ1) is 17.1. The van der Waals surface area contributed by atoms with Crippen molar-refractivity contribution in [1.82, 2.24) is 19.8 Å². The number of thiocarbonyl (C=S) groups is 1. The predicted molar refractivity (Wildman–Crippen MR) is 142 cm³/mol. The number of rotatable bonds is 7. The number of nitrogens with zero attached hydrogens (tertiary/aromatic N) is 3. The molecule has 1 amide bonds. The number of hydrogen-bond acceptors (Lipinski definition) is 3. The van der Waals surface area contributed by atoms with Crippen LogP contribution < -0.4 is 10.6 Å². The van der Waals surface area contributed by atoms with E-state index < -0.39 is 0 Å². The molecule has 2 atom stereocenters. The number of aromatic nitrogens is 2. The summed E-state index contributed by atoms with van der Waals surface area (Å²) in [4.78, 5) is 19.5. The number of para-hydroxylation sites is 1. The average molecular weight is 482 g/mol. The predicted octanol–water partition coefficient (Wildman–Crippen LogP) is 5.18. The molecule has 0 aliphatic carbocycles. The van der Waals surface area contributed by atoms with Gasteiger partial charge in [-0.15, -0.1) is 0 Å². The number of hydrogen-bond donors (Lipinski definition) is 2. The van der Waals surface area contributed by atoms with E-state index in [0.717, 1.165) is 28.3 Å². The number of aryl methyl sites for hydroxylation is 1. The third kappa shape index (κ3) is 4.95. The molecule has 5 rings (SSSR count). The van der Waals surface area contributed by atoms with Crippen LogP contribution in [0.25, 0.3) is 5.69 Å². The highest BCUT2D eigenvalue weighted by Crippen LogP contribution is 2.39. The summed E-state index contributed by atoms with van der Waals surface area (Å²) in [6.07, 6.45) is 4.17. The fourth-order valence-corrected chi connectivity index (χ4v) is 4.84. The molecule has 1 aliphatic heterocycles. The van der Waals surface area contributed by atoms with Gasteiger partial charge in [-0.1, -0.05) is 42.0 Å². The molecule has 1 aliphatic rings. The Balaban J connectivity index is 1.42. The molecule has 2 aromatic heterocycles. The lowest BCUT2D eigenvalue weighted by Crippen LogP contribution is -2.33. The number of carbonyl (C=O) groups is 1. The van der Waals surface area contributed by atoms with E-state index in [0.29, 0.717) is 18.1 Å². The van der Waals surface area contributed by atoms with Crippen LogP contribution in [-0.2, 0) is 4.79 Å². The number of pyridine rings is 1. The second-order valence-corrected chi connectivity index (χ2v) is 9.01. The third-order valence-electron chi connectivity index (χ3n) is 6.23. The zero-order chi connectivity index (χ0) is 24.2. The van der Waals surface area contributed by atoms with Crippen LogP contribution >= 0.6 is 12.2 Å². The topological polar surface area (TPSA) is 62.2 Å². The van der Waals surface area contributed by atoms with Crippen molar-refractivity contribution in [3.63, 3.8) is 0 Å². The van der Waals surface area contributed by atoms with E-state index in [1.54, 1.807) is 6.20 Å². The highest BCUT2D eigenvalue weighted by Gasteiger charge is 2.41. The number of carbonyl (C=O) groups excluding carboxylic acids is 1. The molecule has 1 fully saturated rings. The maximum Gasteiger partial charge on any atom is 0.226 e. The quantitative estimate of drug-likeness (QED) is 0.356. The molecule has 1 saturated heterocycles. The van der Waals surface area contributed by atoms with Gasteiger partial charge in [0.05, 0.1) is 17.8 Å². The Morgan fingerprint density at radius 1 is 1.00 bits per heavy atom. The molecule has 2 aromatic carbocycles. The number of nitrogens with one attached hydrogen (secondary N) is 2. The first-order valence-corrected chi connectivity index (χ1v) is 12.1. The largest absolute Gasteiger partial charge is 0.352 e. The minimum atomic E-state index is -0.138. The average Bonchev–Trinajstić information content (AvgIpc) is 3.49. The van der Waals surface area contributed by atoms with Crippen LogP contribution in [0.15, 0.2) is 97.3 Å². The van der Waals surface area contributed by atoms with Gasteiger partial charge in [0.25, 0.3) is 0 Å². The minimum Gasteiger partial charge on any atom is -0.352 e. The molecule has 0 radical (unpaired) electrons. The molecule has 3 heterocycles.